The van der Waals surface area contributed by atoms with Crippen LogP contribution in [0.3, 0.4) is 0 Å². The van der Waals surface area contributed by atoms with Crippen molar-refractivity contribution in [1.82, 2.24) is 4.98 Å². The molecule has 0 unspecified atom stereocenters. The van der Waals surface area contributed by atoms with E-state index < -0.39 is 0 Å². The molecule has 1 heterocycles. The van der Waals surface area contributed by atoms with Crippen LogP contribution in [0.1, 0.15) is 24.3 Å². The van der Waals surface area contributed by atoms with Crippen molar-refractivity contribution in [3.8, 4) is 0 Å². The van der Waals surface area contributed by atoms with Gasteiger partial charge in [-0.25, -0.2) is 9.78 Å². The van der Waals surface area contributed by atoms with Gasteiger partial charge in [0.05, 0.1) is 6.10 Å². The highest BCUT2D eigenvalue weighted by molar-refractivity contribution is 6.02. The monoisotopic (exact) mass is 214 g/mol. The van der Waals surface area contributed by atoms with Crippen molar-refractivity contribution >= 4 is 16.7 Å². The Morgan fingerprint density at radius 3 is 3.00 bits per heavy atom. The summed E-state index contributed by atoms with van der Waals surface area (Å²) < 4.78 is 5.13. The van der Waals surface area contributed by atoms with E-state index in [-0.39, 0.29) is 12.1 Å². The highest BCUT2D eigenvalue weighted by Gasteiger charge is 2.13. The number of esters is 1. The molecule has 2 aromatic rings. The van der Waals surface area contributed by atoms with Gasteiger partial charge in [0.25, 0.3) is 0 Å². The van der Waals surface area contributed by atoms with Crippen LogP contribution in [0.2, 0.25) is 0 Å². The Hall–Kier alpha value is -1.90. The first-order chi connectivity index (χ1) is 7.68. The molecule has 16 heavy (non-hydrogen) atoms. The summed E-state index contributed by atoms with van der Waals surface area (Å²) in [6, 6.07) is 10.4. The molecule has 1 radical (unpaired) electrons. The number of hydrogen-bond acceptors (Lipinski definition) is 3. The highest BCUT2D eigenvalue weighted by Crippen LogP contribution is 2.16. The minimum absolute atomic E-state index is 0.141. The first-order valence-electron chi connectivity index (χ1n) is 5.15. The van der Waals surface area contributed by atoms with Crippen LogP contribution in [0.4, 0.5) is 0 Å². The van der Waals surface area contributed by atoms with Gasteiger partial charge in [-0.3, -0.25) is 0 Å². The summed E-state index contributed by atoms with van der Waals surface area (Å²) in [5.41, 5.74) is 0.350. The van der Waals surface area contributed by atoms with E-state index in [4.69, 9.17) is 4.74 Å². The van der Waals surface area contributed by atoms with Crippen molar-refractivity contribution in [1.29, 1.82) is 0 Å². The summed E-state index contributed by atoms with van der Waals surface area (Å²) in [7, 11) is 0. The molecule has 3 nitrogen and oxygen atoms in total. The molecule has 0 bridgehead atoms. The average Bonchev–Trinajstić information content (AvgIpc) is 2.27. The maximum absolute atomic E-state index is 11.8. The van der Waals surface area contributed by atoms with Crippen LogP contribution in [0.15, 0.2) is 30.5 Å². The number of hydrogen-bond donors (Lipinski definition) is 0. The molecule has 1 aromatic carbocycles. The van der Waals surface area contributed by atoms with Crippen LogP contribution in [0.25, 0.3) is 10.8 Å². The zero-order chi connectivity index (χ0) is 11.5. The molecule has 0 amide bonds. The molecule has 0 spiro atoms. The number of pyridine rings is 1. The third-order valence-corrected chi connectivity index (χ3v) is 2.12. The third kappa shape index (κ3) is 2.03. The number of aromatic nitrogens is 1. The number of nitrogens with zero attached hydrogens (tertiary/aromatic N) is 1. The van der Waals surface area contributed by atoms with Crippen LogP contribution in [0.5, 0.6) is 0 Å². The van der Waals surface area contributed by atoms with Gasteiger partial charge in [-0.05, 0) is 31.4 Å². The van der Waals surface area contributed by atoms with Crippen molar-refractivity contribution in [3.05, 3.63) is 42.2 Å². The van der Waals surface area contributed by atoms with E-state index in [0.717, 1.165) is 10.8 Å². The van der Waals surface area contributed by atoms with Gasteiger partial charge in [0, 0.05) is 11.6 Å². The molecule has 0 N–H and O–H groups in total. The lowest BCUT2D eigenvalue weighted by Crippen LogP contribution is -2.13. The Labute approximate surface area is 94.1 Å². The zero-order valence-corrected chi connectivity index (χ0v) is 9.23. The topological polar surface area (TPSA) is 39.2 Å². The van der Waals surface area contributed by atoms with Crippen molar-refractivity contribution in [2.24, 2.45) is 0 Å². The Kier molecular flexibility index (Phi) is 2.86. The highest BCUT2D eigenvalue weighted by atomic mass is 16.5. The molecule has 2 rings (SSSR count). The second-order valence-electron chi connectivity index (χ2n) is 3.74. The minimum Gasteiger partial charge on any atom is -0.458 e. The summed E-state index contributed by atoms with van der Waals surface area (Å²) in [6.07, 6.45) is 1.45. The average molecular weight is 214 g/mol. The normalized spacial score (nSPS) is 10.7. The lowest BCUT2D eigenvalue weighted by atomic mass is 10.1. The Bertz CT molecular complexity index is 515. The SMILES string of the molecule is CC(C)OC(=O)c1nccc2[c]cccc12. The minimum atomic E-state index is -0.389. The predicted molar refractivity (Wildman–Crippen MR) is 61.1 cm³/mol. The van der Waals surface area contributed by atoms with Gasteiger partial charge in [0.2, 0.25) is 0 Å². The van der Waals surface area contributed by atoms with Crippen LogP contribution >= 0.6 is 0 Å². The molecule has 1 aromatic heterocycles. The summed E-state index contributed by atoms with van der Waals surface area (Å²) in [5.74, 6) is -0.389. The van der Waals surface area contributed by atoms with Crippen LogP contribution in [0, 0.1) is 6.07 Å². The molecular formula is C13H12NO2. The van der Waals surface area contributed by atoms with E-state index in [1.807, 2.05) is 32.0 Å². The van der Waals surface area contributed by atoms with Crippen LogP contribution in [-0.2, 0) is 4.74 Å². The fourth-order valence-electron chi connectivity index (χ4n) is 1.48. The van der Waals surface area contributed by atoms with Crippen LogP contribution < -0.4 is 0 Å². The fraction of sp³-hybridized carbons (Fsp3) is 0.231. The summed E-state index contributed by atoms with van der Waals surface area (Å²) in [6.45, 7) is 3.63. The van der Waals surface area contributed by atoms with Gasteiger partial charge in [-0.1, -0.05) is 18.2 Å². The largest absolute Gasteiger partial charge is 0.458 e. The van der Waals surface area contributed by atoms with E-state index in [1.54, 1.807) is 12.3 Å². The molecule has 81 valence electrons. The molecule has 0 atom stereocenters. The van der Waals surface area contributed by atoms with Crippen LogP contribution in [-0.4, -0.2) is 17.1 Å². The molecule has 0 aliphatic heterocycles. The first kappa shape index (κ1) is 10.6. The van der Waals surface area contributed by atoms with E-state index in [0.29, 0.717) is 5.69 Å². The maximum atomic E-state index is 11.8. The number of benzene rings is 1. The third-order valence-electron chi connectivity index (χ3n) is 2.12. The number of rotatable bonds is 2. The Balaban J connectivity index is 2.48. The van der Waals surface area contributed by atoms with E-state index in [2.05, 4.69) is 11.1 Å². The van der Waals surface area contributed by atoms with Gasteiger partial charge < -0.3 is 4.74 Å². The van der Waals surface area contributed by atoms with Crippen molar-refractivity contribution in [3.63, 3.8) is 0 Å². The molecule has 0 saturated carbocycles. The first-order valence-corrected chi connectivity index (χ1v) is 5.15. The zero-order valence-electron chi connectivity index (χ0n) is 9.23. The predicted octanol–water partition coefficient (Wildman–Crippen LogP) is 2.60. The number of ether oxygens (including phenoxy) is 1. The second kappa shape index (κ2) is 4.31. The number of carbonyl (C=O) groups excluding carboxylic acids is 1. The van der Waals surface area contributed by atoms with Crippen molar-refractivity contribution in [2.45, 2.75) is 20.0 Å². The molecule has 0 saturated heterocycles. The number of carbonyl (C=O) groups is 1. The smallest absolute Gasteiger partial charge is 0.357 e. The van der Waals surface area contributed by atoms with E-state index in [9.17, 15) is 4.79 Å². The second-order valence-corrected chi connectivity index (χ2v) is 3.74. The lowest BCUT2D eigenvalue weighted by molar-refractivity contribution is 0.0373. The quantitative estimate of drug-likeness (QED) is 0.721. The van der Waals surface area contributed by atoms with Gasteiger partial charge in [-0.2, -0.15) is 0 Å². The standard InChI is InChI=1S/C13H12NO2/c1-9(2)16-13(15)12-11-6-4-3-5-10(11)7-8-14-12/h3-4,6-9H,1-2H3. The van der Waals surface area contributed by atoms with E-state index in [1.165, 1.54) is 0 Å². The molecular weight excluding hydrogens is 202 g/mol. The van der Waals surface area contributed by atoms with Gasteiger partial charge >= 0.3 is 5.97 Å². The van der Waals surface area contributed by atoms with Crippen molar-refractivity contribution < 1.29 is 9.53 Å². The molecule has 0 aliphatic carbocycles. The molecule has 0 fully saturated rings. The van der Waals surface area contributed by atoms with Gasteiger partial charge in [0.15, 0.2) is 5.69 Å². The molecule has 3 heteroatoms. The Morgan fingerprint density at radius 2 is 2.25 bits per heavy atom. The van der Waals surface area contributed by atoms with E-state index >= 15 is 0 Å². The maximum Gasteiger partial charge on any atom is 0.357 e. The summed E-state index contributed by atoms with van der Waals surface area (Å²) >= 11 is 0. The van der Waals surface area contributed by atoms with Gasteiger partial charge in [0.1, 0.15) is 0 Å². The van der Waals surface area contributed by atoms with Crippen molar-refractivity contribution in [2.75, 3.05) is 0 Å². The Morgan fingerprint density at radius 1 is 1.44 bits per heavy atom. The van der Waals surface area contributed by atoms with Gasteiger partial charge in [-0.15, -0.1) is 0 Å². The lowest BCUT2D eigenvalue weighted by Gasteiger charge is -2.08. The fourth-order valence-corrected chi connectivity index (χ4v) is 1.48. The summed E-state index contributed by atoms with van der Waals surface area (Å²) in [5, 5.41) is 1.64. The molecule has 0 aliphatic rings. The summed E-state index contributed by atoms with van der Waals surface area (Å²) in [4.78, 5) is 15.8. The number of fused-ring (bicyclic) bond motifs is 1.